The van der Waals surface area contributed by atoms with E-state index in [1.807, 2.05) is 0 Å². The Balaban J connectivity index is 2.35. The van der Waals surface area contributed by atoms with Crippen LogP contribution in [0.25, 0.3) is 0 Å². The molecule has 0 saturated carbocycles. The Morgan fingerprint density at radius 1 is 0.722 bits per heavy atom. The van der Waals surface area contributed by atoms with E-state index < -0.39 is 0 Å². The third-order valence-electron chi connectivity index (χ3n) is 4.97. The van der Waals surface area contributed by atoms with Crippen LogP contribution in [0.3, 0.4) is 0 Å². The van der Waals surface area contributed by atoms with Gasteiger partial charge in [-0.1, -0.05) is 48.3 Å². The zero-order chi connectivity index (χ0) is 13.4. The molecule has 0 bridgehead atoms. The Labute approximate surface area is 112 Å². The zero-order valence-electron chi connectivity index (χ0n) is 12.7. The van der Waals surface area contributed by atoms with Gasteiger partial charge in [-0.2, -0.15) is 0 Å². The van der Waals surface area contributed by atoms with Gasteiger partial charge in [0.1, 0.15) is 0 Å². The predicted octanol–water partition coefficient (Wildman–Crippen LogP) is 5.59. The van der Waals surface area contributed by atoms with Gasteiger partial charge < -0.3 is 0 Å². The summed E-state index contributed by atoms with van der Waals surface area (Å²) in [6.45, 7) is 13.8. The van der Waals surface area contributed by atoms with Crippen molar-refractivity contribution in [3.63, 3.8) is 0 Å². The average Bonchev–Trinajstić information content (AvgIpc) is 2.31. The highest BCUT2D eigenvalue weighted by Crippen LogP contribution is 2.38. The highest BCUT2D eigenvalue weighted by Gasteiger charge is 2.22. The largest absolute Gasteiger partial charge is 0.0672 e. The van der Waals surface area contributed by atoms with Gasteiger partial charge in [0.25, 0.3) is 0 Å². The molecule has 2 rings (SSSR count). The fraction of sp³-hybridized carbons (Fsp3) is 0.556. The summed E-state index contributed by atoms with van der Waals surface area (Å²) in [5.74, 6) is 1.40. The Bertz CT molecular complexity index is 434. The van der Waals surface area contributed by atoms with Crippen LogP contribution in [0.15, 0.2) is 45.6 Å². The third kappa shape index (κ3) is 2.39. The second-order valence-electron chi connectivity index (χ2n) is 6.28. The SMILES string of the molecule is CC1=C(C)C(C)CC(C2=CC(C)=C(C)C(C)C2)=C1. The quantitative estimate of drug-likeness (QED) is 0.562. The number of allylic oxidation sites excluding steroid dienone is 8. The molecule has 2 unspecified atom stereocenters. The summed E-state index contributed by atoms with van der Waals surface area (Å²) >= 11 is 0. The lowest BCUT2D eigenvalue weighted by molar-refractivity contribution is 0.619. The van der Waals surface area contributed by atoms with Crippen molar-refractivity contribution in [3.8, 4) is 0 Å². The maximum atomic E-state index is 2.42. The number of hydrogen-bond donors (Lipinski definition) is 0. The first-order valence-corrected chi connectivity index (χ1v) is 7.16. The Hall–Kier alpha value is -1.04. The first-order chi connectivity index (χ1) is 8.40. The highest BCUT2D eigenvalue weighted by molar-refractivity contribution is 5.48. The zero-order valence-corrected chi connectivity index (χ0v) is 12.7. The van der Waals surface area contributed by atoms with Gasteiger partial charge in [-0.3, -0.25) is 0 Å². The molecule has 0 aromatic carbocycles. The molecule has 0 fully saturated rings. The number of rotatable bonds is 1. The molecule has 0 heterocycles. The van der Waals surface area contributed by atoms with Crippen LogP contribution in [0.1, 0.15) is 54.4 Å². The smallest absolute Gasteiger partial charge is 0.0188 e. The third-order valence-corrected chi connectivity index (χ3v) is 4.97. The van der Waals surface area contributed by atoms with E-state index in [1.54, 1.807) is 22.3 Å². The maximum absolute atomic E-state index is 2.42. The lowest BCUT2D eigenvalue weighted by Gasteiger charge is -2.28. The highest BCUT2D eigenvalue weighted by atomic mass is 14.3. The van der Waals surface area contributed by atoms with Gasteiger partial charge in [0.05, 0.1) is 0 Å². The average molecular weight is 242 g/mol. The minimum absolute atomic E-state index is 0.702. The van der Waals surface area contributed by atoms with E-state index in [0.717, 1.165) is 0 Å². The molecular formula is C18H26. The van der Waals surface area contributed by atoms with E-state index in [0.29, 0.717) is 11.8 Å². The van der Waals surface area contributed by atoms with E-state index in [1.165, 1.54) is 24.0 Å². The predicted molar refractivity (Wildman–Crippen MR) is 80.5 cm³/mol. The van der Waals surface area contributed by atoms with Gasteiger partial charge in [-0.15, -0.1) is 0 Å². The summed E-state index contributed by atoms with van der Waals surface area (Å²) in [5.41, 5.74) is 9.22. The lowest BCUT2D eigenvalue weighted by atomic mass is 9.77. The molecule has 2 atom stereocenters. The van der Waals surface area contributed by atoms with Crippen molar-refractivity contribution >= 4 is 0 Å². The summed E-state index contributed by atoms with van der Waals surface area (Å²) in [5, 5.41) is 0. The summed E-state index contributed by atoms with van der Waals surface area (Å²) in [7, 11) is 0. The molecule has 0 N–H and O–H groups in total. The van der Waals surface area contributed by atoms with Crippen LogP contribution in [0.2, 0.25) is 0 Å². The molecular weight excluding hydrogens is 216 g/mol. The van der Waals surface area contributed by atoms with E-state index in [-0.39, 0.29) is 0 Å². The van der Waals surface area contributed by atoms with Gasteiger partial charge in [0.15, 0.2) is 0 Å². The molecule has 0 aromatic heterocycles. The van der Waals surface area contributed by atoms with E-state index >= 15 is 0 Å². The Morgan fingerprint density at radius 2 is 1.06 bits per heavy atom. The normalized spacial score (nSPS) is 29.4. The molecule has 98 valence electrons. The van der Waals surface area contributed by atoms with Crippen LogP contribution >= 0.6 is 0 Å². The minimum atomic E-state index is 0.702. The molecule has 0 aromatic rings. The summed E-state index contributed by atoms with van der Waals surface area (Å²) < 4.78 is 0. The summed E-state index contributed by atoms with van der Waals surface area (Å²) in [4.78, 5) is 0. The molecule has 2 aliphatic rings. The molecule has 18 heavy (non-hydrogen) atoms. The van der Waals surface area contributed by atoms with Gasteiger partial charge >= 0.3 is 0 Å². The minimum Gasteiger partial charge on any atom is -0.0672 e. The van der Waals surface area contributed by atoms with Crippen molar-refractivity contribution in [2.24, 2.45) is 11.8 Å². The fourth-order valence-corrected chi connectivity index (χ4v) is 3.06. The van der Waals surface area contributed by atoms with E-state index in [9.17, 15) is 0 Å². The van der Waals surface area contributed by atoms with E-state index in [2.05, 4.69) is 53.7 Å². The number of hydrogen-bond acceptors (Lipinski definition) is 0. The van der Waals surface area contributed by atoms with Crippen LogP contribution in [0.5, 0.6) is 0 Å². The van der Waals surface area contributed by atoms with Crippen LogP contribution in [0, 0.1) is 11.8 Å². The van der Waals surface area contributed by atoms with Gasteiger partial charge in [0, 0.05) is 0 Å². The first kappa shape index (κ1) is 13.4. The van der Waals surface area contributed by atoms with Crippen LogP contribution < -0.4 is 0 Å². The summed E-state index contributed by atoms with van der Waals surface area (Å²) in [6.07, 6.45) is 7.27. The van der Waals surface area contributed by atoms with Crippen molar-refractivity contribution in [3.05, 3.63) is 45.6 Å². The molecule has 2 aliphatic carbocycles. The molecule has 0 nitrogen and oxygen atoms in total. The van der Waals surface area contributed by atoms with Crippen LogP contribution in [0.4, 0.5) is 0 Å². The topological polar surface area (TPSA) is 0 Å². The first-order valence-electron chi connectivity index (χ1n) is 7.16. The van der Waals surface area contributed by atoms with Gasteiger partial charge in [-0.25, -0.2) is 0 Å². The molecule has 0 spiro atoms. The fourth-order valence-electron chi connectivity index (χ4n) is 3.06. The standard InChI is InChI=1S/C18H26/c1-11-7-17(8-12(2)15(11)5)18-9-13(3)16(6)14(4)10-18/h7,9,12,14H,8,10H2,1-6H3. The molecule has 0 aliphatic heterocycles. The molecule has 0 radical (unpaired) electrons. The summed E-state index contributed by atoms with van der Waals surface area (Å²) in [6, 6.07) is 0. The Kier molecular flexibility index (Phi) is 3.66. The maximum Gasteiger partial charge on any atom is -0.0188 e. The second kappa shape index (κ2) is 4.91. The molecule has 0 saturated heterocycles. The monoisotopic (exact) mass is 242 g/mol. The second-order valence-corrected chi connectivity index (χ2v) is 6.28. The van der Waals surface area contributed by atoms with Crippen molar-refractivity contribution in [2.45, 2.75) is 54.4 Å². The Morgan fingerprint density at radius 3 is 1.33 bits per heavy atom. The van der Waals surface area contributed by atoms with Gasteiger partial charge in [0.2, 0.25) is 0 Å². The molecule has 0 heteroatoms. The van der Waals surface area contributed by atoms with Crippen molar-refractivity contribution in [2.75, 3.05) is 0 Å². The van der Waals surface area contributed by atoms with Gasteiger partial charge in [-0.05, 0) is 63.5 Å². The van der Waals surface area contributed by atoms with Crippen molar-refractivity contribution < 1.29 is 0 Å². The lowest BCUT2D eigenvalue weighted by Crippen LogP contribution is -2.12. The van der Waals surface area contributed by atoms with Crippen LogP contribution in [-0.4, -0.2) is 0 Å². The van der Waals surface area contributed by atoms with Crippen LogP contribution in [-0.2, 0) is 0 Å². The van der Waals surface area contributed by atoms with Crippen molar-refractivity contribution in [1.82, 2.24) is 0 Å². The molecule has 0 amide bonds. The van der Waals surface area contributed by atoms with E-state index in [4.69, 9.17) is 0 Å². The van der Waals surface area contributed by atoms with Crippen molar-refractivity contribution in [1.29, 1.82) is 0 Å².